The van der Waals surface area contributed by atoms with Crippen molar-refractivity contribution in [2.45, 2.75) is 31.2 Å². The number of halogens is 1. The highest BCUT2D eigenvalue weighted by Crippen LogP contribution is 2.27. The number of tetrazole rings is 1. The van der Waals surface area contributed by atoms with Crippen LogP contribution in [0.2, 0.25) is 5.02 Å². The molecule has 0 aliphatic heterocycles. The van der Waals surface area contributed by atoms with Crippen molar-refractivity contribution in [1.29, 1.82) is 0 Å². The van der Waals surface area contributed by atoms with Gasteiger partial charge in [0.15, 0.2) is 0 Å². The monoisotopic (exact) mass is 387 g/mol. The molecular weight excluding hydrogens is 370 g/mol. The summed E-state index contributed by atoms with van der Waals surface area (Å²) in [7, 11) is 0. The molecule has 134 valence electrons. The fraction of sp³-hybridized carbons (Fsp3) is 0.222. The molecule has 1 heterocycles. The lowest BCUT2D eigenvalue weighted by atomic mass is 10.1. The number of rotatable bonds is 5. The van der Waals surface area contributed by atoms with E-state index >= 15 is 0 Å². The number of aromatic nitrogens is 4. The smallest absolute Gasteiger partial charge is 0.237 e. The molecule has 0 aliphatic rings. The van der Waals surface area contributed by atoms with Gasteiger partial charge in [-0.05, 0) is 60.5 Å². The Morgan fingerprint density at radius 3 is 2.73 bits per heavy atom. The van der Waals surface area contributed by atoms with Crippen LogP contribution in [-0.2, 0) is 4.79 Å². The van der Waals surface area contributed by atoms with Crippen LogP contribution in [0.1, 0.15) is 18.1 Å². The predicted molar refractivity (Wildman–Crippen MR) is 104 cm³/mol. The molecule has 1 aromatic heterocycles. The molecule has 1 atom stereocenters. The maximum Gasteiger partial charge on any atom is 0.237 e. The van der Waals surface area contributed by atoms with E-state index in [4.69, 9.17) is 11.6 Å². The first kappa shape index (κ1) is 18.4. The summed E-state index contributed by atoms with van der Waals surface area (Å²) in [4.78, 5) is 12.5. The van der Waals surface area contributed by atoms with Crippen molar-refractivity contribution in [3.8, 4) is 5.69 Å². The SMILES string of the molecule is Cc1cccc(-n2nnnc2S[C@@H](C)C(=O)Nc2ccccc2Cl)c1C. The van der Waals surface area contributed by atoms with Crippen molar-refractivity contribution in [3.05, 3.63) is 58.6 Å². The van der Waals surface area contributed by atoms with Crippen molar-refractivity contribution in [2.24, 2.45) is 0 Å². The summed E-state index contributed by atoms with van der Waals surface area (Å²) in [6.45, 7) is 5.86. The molecule has 0 aliphatic carbocycles. The van der Waals surface area contributed by atoms with Crippen LogP contribution in [0.15, 0.2) is 47.6 Å². The zero-order chi connectivity index (χ0) is 18.7. The van der Waals surface area contributed by atoms with Crippen molar-refractivity contribution in [3.63, 3.8) is 0 Å². The van der Waals surface area contributed by atoms with Crippen molar-refractivity contribution in [1.82, 2.24) is 20.2 Å². The van der Waals surface area contributed by atoms with Gasteiger partial charge in [0.25, 0.3) is 0 Å². The number of benzene rings is 2. The number of hydrogen-bond donors (Lipinski definition) is 1. The van der Waals surface area contributed by atoms with Crippen LogP contribution in [0, 0.1) is 13.8 Å². The number of thioether (sulfide) groups is 1. The molecule has 8 heteroatoms. The van der Waals surface area contributed by atoms with Crippen LogP contribution in [0.5, 0.6) is 0 Å². The highest BCUT2D eigenvalue weighted by molar-refractivity contribution is 8.00. The van der Waals surface area contributed by atoms with Gasteiger partial charge in [0.1, 0.15) is 0 Å². The first-order chi connectivity index (χ1) is 12.5. The number of hydrogen-bond acceptors (Lipinski definition) is 5. The van der Waals surface area contributed by atoms with Gasteiger partial charge in [0.2, 0.25) is 11.1 Å². The molecule has 0 unspecified atom stereocenters. The Hall–Kier alpha value is -2.38. The van der Waals surface area contributed by atoms with Gasteiger partial charge >= 0.3 is 0 Å². The number of anilines is 1. The van der Waals surface area contributed by atoms with E-state index in [2.05, 4.69) is 20.8 Å². The van der Waals surface area contributed by atoms with Crippen molar-refractivity contribution >= 4 is 35.0 Å². The number of aryl methyl sites for hydroxylation is 1. The Bertz CT molecular complexity index is 943. The molecule has 0 radical (unpaired) electrons. The number of carbonyl (C=O) groups is 1. The topological polar surface area (TPSA) is 72.7 Å². The molecule has 3 aromatic rings. The number of nitrogens with one attached hydrogen (secondary N) is 1. The predicted octanol–water partition coefficient (Wildman–Crippen LogP) is 4.05. The standard InChI is InChI=1S/C18H18ClN5OS/c1-11-7-6-10-16(12(11)2)24-18(21-22-23-24)26-13(3)17(25)20-15-9-5-4-8-14(15)19/h4-10,13H,1-3H3,(H,20,25)/t13-/m0/s1. The van der Waals surface area contributed by atoms with Gasteiger partial charge in [-0.3, -0.25) is 4.79 Å². The average Bonchev–Trinajstić information content (AvgIpc) is 3.07. The molecule has 1 N–H and O–H groups in total. The molecule has 2 aromatic carbocycles. The van der Waals surface area contributed by atoms with Crippen molar-refractivity contribution < 1.29 is 4.79 Å². The van der Waals surface area contributed by atoms with Gasteiger partial charge in [-0.1, -0.05) is 47.6 Å². The van der Waals surface area contributed by atoms with Gasteiger partial charge in [0.05, 0.1) is 21.6 Å². The molecule has 0 saturated carbocycles. The third kappa shape index (κ3) is 3.89. The number of para-hydroxylation sites is 1. The normalized spacial score (nSPS) is 12.0. The first-order valence-electron chi connectivity index (χ1n) is 8.04. The lowest BCUT2D eigenvalue weighted by molar-refractivity contribution is -0.115. The van der Waals surface area contributed by atoms with Crippen LogP contribution >= 0.6 is 23.4 Å². The highest BCUT2D eigenvalue weighted by atomic mass is 35.5. The maximum absolute atomic E-state index is 12.5. The highest BCUT2D eigenvalue weighted by Gasteiger charge is 2.20. The summed E-state index contributed by atoms with van der Waals surface area (Å²) in [6, 6.07) is 13.1. The molecule has 0 fully saturated rings. The molecule has 0 saturated heterocycles. The summed E-state index contributed by atoms with van der Waals surface area (Å²) in [6.07, 6.45) is 0. The lowest BCUT2D eigenvalue weighted by Crippen LogP contribution is -2.23. The Balaban J connectivity index is 1.78. The second-order valence-corrected chi connectivity index (χ2v) is 7.54. The lowest BCUT2D eigenvalue weighted by Gasteiger charge is -2.13. The molecule has 0 bridgehead atoms. The molecule has 6 nitrogen and oxygen atoms in total. The minimum Gasteiger partial charge on any atom is -0.324 e. The fourth-order valence-electron chi connectivity index (χ4n) is 2.38. The second-order valence-electron chi connectivity index (χ2n) is 5.82. The zero-order valence-corrected chi connectivity index (χ0v) is 16.2. The van der Waals surface area contributed by atoms with E-state index < -0.39 is 5.25 Å². The van der Waals surface area contributed by atoms with Gasteiger partial charge in [0, 0.05) is 0 Å². The van der Waals surface area contributed by atoms with Gasteiger partial charge in [-0.25, -0.2) is 0 Å². The molecule has 0 spiro atoms. The summed E-state index contributed by atoms with van der Waals surface area (Å²) in [5, 5.41) is 15.4. The Kier molecular flexibility index (Phi) is 5.58. The second kappa shape index (κ2) is 7.88. The third-order valence-electron chi connectivity index (χ3n) is 4.03. The van der Waals surface area contributed by atoms with Gasteiger partial charge in [-0.2, -0.15) is 4.68 Å². The molecular formula is C18H18ClN5OS. The van der Waals surface area contributed by atoms with Crippen LogP contribution < -0.4 is 5.32 Å². The molecule has 26 heavy (non-hydrogen) atoms. The number of nitrogens with zero attached hydrogens (tertiary/aromatic N) is 4. The maximum atomic E-state index is 12.5. The van der Waals surface area contributed by atoms with Crippen LogP contribution in [-0.4, -0.2) is 31.4 Å². The van der Waals surface area contributed by atoms with E-state index in [-0.39, 0.29) is 5.91 Å². The molecule has 1 amide bonds. The quantitative estimate of drug-likeness (QED) is 0.668. The van der Waals surface area contributed by atoms with E-state index in [0.29, 0.717) is 15.9 Å². The minimum atomic E-state index is -0.402. The van der Waals surface area contributed by atoms with E-state index in [1.807, 2.05) is 44.2 Å². The van der Waals surface area contributed by atoms with E-state index in [9.17, 15) is 4.79 Å². The van der Waals surface area contributed by atoms with Crippen LogP contribution in [0.25, 0.3) is 5.69 Å². The van der Waals surface area contributed by atoms with Gasteiger partial charge < -0.3 is 5.32 Å². The minimum absolute atomic E-state index is 0.168. The van der Waals surface area contributed by atoms with Crippen LogP contribution in [0.4, 0.5) is 5.69 Å². The van der Waals surface area contributed by atoms with E-state index in [0.717, 1.165) is 16.8 Å². The van der Waals surface area contributed by atoms with Crippen LogP contribution in [0.3, 0.4) is 0 Å². The number of amides is 1. The number of carbonyl (C=O) groups excluding carboxylic acids is 1. The Morgan fingerprint density at radius 1 is 1.19 bits per heavy atom. The Labute approximate surface area is 160 Å². The summed E-state index contributed by atoms with van der Waals surface area (Å²) >= 11 is 7.39. The van der Waals surface area contributed by atoms with E-state index in [1.54, 1.807) is 23.7 Å². The third-order valence-corrected chi connectivity index (χ3v) is 5.39. The summed E-state index contributed by atoms with van der Waals surface area (Å²) in [5.41, 5.74) is 3.73. The zero-order valence-electron chi connectivity index (χ0n) is 14.6. The summed E-state index contributed by atoms with van der Waals surface area (Å²) in [5.74, 6) is -0.168. The first-order valence-corrected chi connectivity index (χ1v) is 9.30. The fourth-order valence-corrected chi connectivity index (χ4v) is 3.36. The largest absolute Gasteiger partial charge is 0.324 e. The van der Waals surface area contributed by atoms with Gasteiger partial charge in [-0.15, -0.1) is 5.10 Å². The average molecular weight is 388 g/mol. The van der Waals surface area contributed by atoms with E-state index in [1.165, 1.54) is 11.8 Å². The van der Waals surface area contributed by atoms with Crippen molar-refractivity contribution in [2.75, 3.05) is 5.32 Å². The summed E-state index contributed by atoms with van der Waals surface area (Å²) < 4.78 is 1.66. The molecule has 3 rings (SSSR count). The Morgan fingerprint density at radius 2 is 1.96 bits per heavy atom.